The lowest BCUT2D eigenvalue weighted by Gasteiger charge is -2.35. The van der Waals surface area contributed by atoms with Crippen molar-refractivity contribution in [2.75, 3.05) is 102 Å². The highest BCUT2D eigenvalue weighted by Crippen LogP contribution is 2.50. The molecule has 64 heavy (non-hydrogen) atoms. The fourth-order valence-electron chi connectivity index (χ4n) is 9.11. The largest absolute Gasteiger partial charge is 0.397 e. The van der Waals surface area contributed by atoms with E-state index in [4.69, 9.17) is 41.1 Å². The molecule has 1 aliphatic carbocycles. The summed E-state index contributed by atoms with van der Waals surface area (Å²) in [6.45, 7) is 21.2. The van der Waals surface area contributed by atoms with Crippen LogP contribution in [0.25, 0.3) is 0 Å². The first-order valence-corrected chi connectivity index (χ1v) is 24.6. The van der Waals surface area contributed by atoms with Gasteiger partial charge in [-0.1, -0.05) is 12.8 Å². The van der Waals surface area contributed by atoms with E-state index in [1.807, 2.05) is 26.8 Å². The molecular weight excluding hydrogens is 833 g/mol. The van der Waals surface area contributed by atoms with E-state index in [0.717, 1.165) is 60.3 Å². The number of rotatable bonds is 19. The van der Waals surface area contributed by atoms with Crippen LogP contribution in [0.2, 0.25) is 0 Å². The summed E-state index contributed by atoms with van der Waals surface area (Å²) < 4.78 is 52.1. The maximum atomic E-state index is 13.5. The third-order valence-corrected chi connectivity index (χ3v) is 15.6. The van der Waals surface area contributed by atoms with Gasteiger partial charge in [-0.05, 0) is 105 Å². The highest BCUT2D eigenvalue weighted by Gasteiger charge is 2.51. The molecule has 16 nitrogen and oxygen atoms in total. The molecule has 1 saturated carbocycles. The van der Waals surface area contributed by atoms with E-state index in [-0.39, 0.29) is 43.5 Å². The second-order valence-electron chi connectivity index (χ2n) is 19.5. The molecule has 3 aromatic rings. The number of nitrogens with one attached hydrogen (secondary N) is 3. The van der Waals surface area contributed by atoms with Crippen molar-refractivity contribution < 1.29 is 27.4 Å². The Kier molecular flexibility index (Phi) is 14.7. The van der Waals surface area contributed by atoms with E-state index in [0.29, 0.717) is 78.8 Å². The second-order valence-corrected chi connectivity index (χ2v) is 21.8. The van der Waals surface area contributed by atoms with Crippen LogP contribution in [-0.2, 0) is 46.9 Å². The number of hydrogen-bond donors (Lipinski definition) is 6. The van der Waals surface area contributed by atoms with Crippen molar-refractivity contribution in [2.24, 2.45) is 5.92 Å². The van der Waals surface area contributed by atoms with Crippen LogP contribution in [0.3, 0.4) is 0 Å². The summed E-state index contributed by atoms with van der Waals surface area (Å²) in [6, 6.07) is 9.84. The number of fused-ring (bicyclic) bond motifs is 1. The standard InChI is InChI=1S/C47H74N10O6S/c1-28(2)57-42-20-38(37(48)19-36(42)47(7,8)64(57,58)59)52-30(4)23-61-26-35-17-34(43-22-55(9)12-15-63-43)18-39(45(35)49)53-31(5)24-62-27-41-46(50)40(51-29(3)16-33-10-11-33)21-44(54-41)56-13-14-60-25-32(56)6/h17-21,28-33,43,52-53H,10-16,22-27,48-50H2,1-9H3,(H,51,54). The molecule has 9 N–H and O–H groups in total. The number of morpholine rings is 2. The molecule has 3 aliphatic heterocycles. The average molecular weight is 907 g/mol. The van der Waals surface area contributed by atoms with Gasteiger partial charge in [0.05, 0.1) is 104 Å². The lowest BCUT2D eigenvalue weighted by Crippen LogP contribution is -2.44. The molecule has 0 amide bonds. The normalized spacial score (nSPS) is 22.3. The number of nitrogens with two attached hydrogens (primary N) is 3. The van der Waals surface area contributed by atoms with Crippen molar-refractivity contribution >= 4 is 55.7 Å². The Balaban J connectivity index is 1.02. The number of hydrogen-bond acceptors (Lipinski definition) is 15. The Labute approximate surface area is 381 Å². The molecule has 5 atom stereocenters. The summed E-state index contributed by atoms with van der Waals surface area (Å²) in [5.74, 6) is 1.67. The van der Waals surface area contributed by atoms with Crippen molar-refractivity contribution in [1.29, 1.82) is 0 Å². The van der Waals surface area contributed by atoms with Crippen molar-refractivity contribution in [3.63, 3.8) is 0 Å². The van der Waals surface area contributed by atoms with Gasteiger partial charge < -0.3 is 61.9 Å². The molecule has 5 unspecified atom stereocenters. The molecule has 354 valence electrons. The number of nitrogens with zero attached hydrogens (tertiary/aromatic N) is 4. The van der Waals surface area contributed by atoms with Crippen LogP contribution in [0.1, 0.15) is 103 Å². The van der Waals surface area contributed by atoms with Crippen LogP contribution >= 0.6 is 0 Å². The predicted molar refractivity (Wildman–Crippen MR) is 260 cm³/mol. The zero-order valence-electron chi connectivity index (χ0n) is 39.5. The van der Waals surface area contributed by atoms with Crippen molar-refractivity contribution in [2.45, 2.75) is 129 Å². The van der Waals surface area contributed by atoms with Crippen LogP contribution in [0.4, 0.5) is 45.6 Å². The van der Waals surface area contributed by atoms with E-state index in [9.17, 15) is 8.42 Å². The summed E-state index contributed by atoms with van der Waals surface area (Å²) in [7, 11) is -1.51. The lowest BCUT2D eigenvalue weighted by atomic mass is 9.98. The van der Waals surface area contributed by atoms with Crippen molar-refractivity contribution in [3.8, 4) is 0 Å². The lowest BCUT2D eigenvalue weighted by molar-refractivity contribution is -0.0209. The van der Waals surface area contributed by atoms with Gasteiger partial charge in [0, 0.05) is 61.0 Å². The smallest absolute Gasteiger partial charge is 0.244 e. The number of pyridine rings is 1. The summed E-state index contributed by atoms with van der Waals surface area (Å²) in [5, 5.41) is 10.8. The summed E-state index contributed by atoms with van der Waals surface area (Å²) in [4.78, 5) is 9.59. The first-order chi connectivity index (χ1) is 30.3. The van der Waals surface area contributed by atoms with Crippen LogP contribution in [0.5, 0.6) is 0 Å². The molecule has 17 heteroatoms. The van der Waals surface area contributed by atoms with Crippen molar-refractivity contribution in [1.82, 2.24) is 9.88 Å². The first kappa shape index (κ1) is 47.7. The monoisotopic (exact) mass is 907 g/mol. The van der Waals surface area contributed by atoms with Gasteiger partial charge in [-0.25, -0.2) is 13.4 Å². The van der Waals surface area contributed by atoms with Gasteiger partial charge in [-0.2, -0.15) is 0 Å². The van der Waals surface area contributed by atoms with Crippen LogP contribution in [0, 0.1) is 5.92 Å². The van der Waals surface area contributed by atoms with Crippen LogP contribution < -0.4 is 42.4 Å². The third kappa shape index (κ3) is 10.5. The third-order valence-electron chi connectivity index (χ3n) is 13.0. The summed E-state index contributed by atoms with van der Waals surface area (Å²) >= 11 is 0. The number of likely N-dealkylation sites (N-methyl/N-ethyl adjacent to an activating group) is 1. The van der Waals surface area contributed by atoms with Gasteiger partial charge in [0.15, 0.2) is 0 Å². The fraction of sp³-hybridized carbons (Fsp3) is 0.638. The average Bonchev–Trinajstić information content (AvgIpc) is 4.03. The Hall–Kier alpha value is -4.26. The zero-order valence-corrected chi connectivity index (χ0v) is 40.3. The SMILES string of the molecule is CC(COCc1cc(C2CN(C)CCO2)cc(NC(C)COCc2nc(N3CCOCC3C)cc(NC(C)CC3CC3)c2N)c1N)Nc1cc2c(cc1N)C(C)(C)S(=O)(=O)N2C(C)C. The van der Waals surface area contributed by atoms with E-state index < -0.39 is 14.8 Å². The summed E-state index contributed by atoms with van der Waals surface area (Å²) in [6.07, 6.45) is 3.60. The van der Waals surface area contributed by atoms with Gasteiger partial charge in [-0.15, -0.1) is 0 Å². The molecule has 3 fully saturated rings. The highest BCUT2D eigenvalue weighted by molar-refractivity contribution is 7.94. The summed E-state index contributed by atoms with van der Waals surface area (Å²) in [5.41, 5.74) is 28.2. The molecule has 1 aromatic heterocycles. The van der Waals surface area contributed by atoms with Gasteiger partial charge in [0.2, 0.25) is 10.0 Å². The van der Waals surface area contributed by atoms with E-state index in [1.54, 1.807) is 19.9 Å². The van der Waals surface area contributed by atoms with E-state index >= 15 is 0 Å². The Bertz CT molecular complexity index is 2220. The Morgan fingerprint density at radius 2 is 1.53 bits per heavy atom. The number of sulfonamides is 1. The molecular formula is C47H74N10O6S. The van der Waals surface area contributed by atoms with Gasteiger partial charge >= 0.3 is 0 Å². The Morgan fingerprint density at radius 3 is 2.20 bits per heavy atom. The molecule has 0 bridgehead atoms. The number of ether oxygens (including phenoxy) is 4. The topological polar surface area (TPSA) is 208 Å². The molecule has 2 aromatic carbocycles. The number of anilines is 8. The van der Waals surface area contributed by atoms with Gasteiger partial charge in [0.1, 0.15) is 10.6 Å². The zero-order chi connectivity index (χ0) is 46.1. The van der Waals surface area contributed by atoms with Crippen molar-refractivity contribution in [3.05, 3.63) is 52.7 Å². The maximum absolute atomic E-state index is 13.5. The molecule has 7 rings (SSSR count). The van der Waals surface area contributed by atoms with Crippen LogP contribution in [0.15, 0.2) is 30.3 Å². The molecule has 0 spiro atoms. The number of benzene rings is 2. The predicted octanol–water partition coefficient (Wildman–Crippen LogP) is 6.48. The van der Waals surface area contributed by atoms with Gasteiger partial charge in [-0.3, -0.25) is 4.31 Å². The minimum absolute atomic E-state index is 0.115. The molecule has 4 aliphatic rings. The fourth-order valence-corrected chi connectivity index (χ4v) is 11.0. The van der Waals surface area contributed by atoms with Gasteiger partial charge in [0.25, 0.3) is 0 Å². The molecule has 0 radical (unpaired) electrons. The minimum Gasteiger partial charge on any atom is -0.397 e. The first-order valence-electron chi connectivity index (χ1n) is 23.1. The second kappa shape index (κ2) is 19.7. The van der Waals surface area contributed by atoms with E-state index in [1.165, 1.54) is 17.1 Å². The van der Waals surface area contributed by atoms with Crippen LogP contribution in [-0.4, -0.2) is 108 Å². The maximum Gasteiger partial charge on any atom is 0.244 e. The number of aromatic nitrogens is 1. The minimum atomic E-state index is -3.62. The quantitative estimate of drug-likeness (QED) is 0.0712. The molecule has 4 heterocycles. The molecule has 2 saturated heterocycles. The number of nitrogen functional groups attached to an aromatic ring is 3. The Morgan fingerprint density at radius 1 is 0.859 bits per heavy atom. The highest BCUT2D eigenvalue weighted by atomic mass is 32.2. The van der Waals surface area contributed by atoms with E-state index in [2.05, 4.69) is 71.8 Å².